The van der Waals surface area contributed by atoms with Crippen LogP contribution in [0.1, 0.15) is 24.2 Å². The largest absolute Gasteiger partial charge is 0.497 e. The minimum Gasteiger partial charge on any atom is -0.497 e. The number of hydrogen-bond acceptors (Lipinski definition) is 3. The topological polar surface area (TPSA) is 38.8 Å². The Labute approximate surface area is 153 Å². The predicted octanol–water partition coefficient (Wildman–Crippen LogP) is 3.88. The summed E-state index contributed by atoms with van der Waals surface area (Å²) in [6.07, 6.45) is 0.257. The Hall–Kier alpha value is -2.04. The summed E-state index contributed by atoms with van der Waals surface area (Å²) in [4.78, 5) is 14.7. The number of carbonyl (C=O) groups excluding carboxylic acids is 1. The Kier molecular flexibility index (Phi) is 5.61. The normalized spacial score (nSPS) is 20.4. The van der Waals surface area contributed by atoms with Gasteiger partial charge in [0, 0.05) is 5.02 Å². The fourth-order valence-corrected chi connectivity index (χ4v) is 3.13. The van der Waals surface area contributed by atoms with Crippen LogP contribution in [0.25, 0.3) is 0 Å². The molecule has 1 saturated heterocycles. The zero-order valence-electron chi connectivity index (χ0n) is 14.4. The van der Waals surface area contributed by atoms with Gasteiger partial charge in [0.2, 0.25) is 5.91 Å². The third-order valence-corrected chi connectivity index (χ3v) is 4.76. The molecule has 2 unspecified atom stereocenters. The van der Waals surface area contributed by atoms with Gasteiger partial charge < -0.3 is 14.4 Å². The molecule has 0 N–H and O–H groups in total. The average molecular weight is 360 g/mol. The van der Waals surface area contributed by atoms with Gasteiger partial charge in [0.05, 0.1) is 32.7 Å². The monoisotopic (exact) mass is 359 g/mol. The maximum Gasteiger partial charge on any atom is 0.227 e. The molecule has 1 aliphatic rings. The lowest BCUT2D eigenvalue weighted by atomic mass is 10.0. The first-order valence-corrected chi connectivity index (χ1v) is 8.74. The van der Waals surface area contributed by atoms with Crippen LogP contribution >= 0.6 is 11.6 Å². The third-order valence-electron chi connectivity index (χ3n) is 4.51. The van der Waals surface area contributed by atoms with E-state index in [0.717, 1.165) is 16.9 Å². The van der Waals surface area contributed by atoms with E-state index in [1.807, 2.05) is 60.4 Å². The number of hydrogen-bond donors (Lipinski definition) is 0. The highest BCUT2D eigenvalue weighted by atomic mass is 35.5. The number of methoxy groups -OCH3 is 1. The maximum absolute atomic E-state index is 12.8. The number of ether oxygens (including phenoxy) is 2. The van der Waals surface area contributed by atoms with Gasteiger partial charge in [-0.15, -0.1) is 0 Å². The summed E-state index contributed by atoms with van der Waals surface area (Å²) in [6.45, 7) is 3.10. The molecule has 4 nitrogen and oxygen atoms in total. The minimum absolute atomic E-state index is 0.0642. The second-order valence-electron chi connectivity index (χ2n) is 6.29. The van der Waals surface area contributed by atoms with Crippen LogP contribution in [0, 0.1) is 0 Å². The van der Waals surface area contributed by atoms with Gasteiger partial charge in [-0.2, -0.15) is 0 Å². The molecule has 2 aromatic rings. The maximum atomic E-state index is 12.8. The van der Waals surface area contributed by atoms with Gasteiger partial charge in [-0.3, -0.25) is 4.79 Å². The van der Waals surface area contributed by atoms with Gasteiger partial charge >= 0.3 is 0 Å². The van der Waals surface area contributed by atoms with Gasteiger partial charge in [0.25, 0.3) is 0 Å². The summed E-state index contributed by atoms with van der Waals surface area (Å²) in [5, 5.41) is 0.676. The third kappa shape index (κ3) is 4.33. The quantitative estimate of drug-likeness (QED) is 0.831. The molecule has 132 valence electrons. The van der Waals surface area contributed by atoms with Gasteiger partial charge in [0.1, 0.15) is 11.9 Å². The van der Waals surface area contributed by atoms with Gasteiger partial charge in [-0.1, -0.05) is 35.9 Å². The van der Waals surface area contributed by atoms with Crippen molar-refractivity contribution in [3.63, 3.8) is 0 Å². The first kappa shape index (κ1) is 17.8. The second kappa shape index (κ2) is 7.89. The SMILES string of the molecule is COc1ccc(C2CN(C(=O)Cc3ccc(Cl)cc3)C(C)CO2)cc1. The summed E-state index contributed by atoms with van der Waals surface area (Å²) in [5.41, 5.74) is 2.02. The molecular weight excluding hydrogens is 338 g/mol. The van der Waals surface area contributed by atoms with Gasteiger partial charge in [0.15, 0.2) is 0 Å². The number of amides is 1. The van der Waals surface area contributed by atoms with E-state index < -0.39 is 0 Å². The van der Waals surface area contributed by atoms with Crippen molar-refractivity contribution in [1.29, 1.82) is 0 Å². The molecule has 0 aliphatic carbocycles. The Morgan fingerprint density at radius 1 is 1.20 bits per heavy atom. The van der Waals surface area contributed by atoms with Crippen LogP contribution in [0.5, 0.6) is 5.75 Å². The molecule has 2 aromatic carbocycles. The molecule has 0 saturated carbocycles. The standard InChI is InChI=1S/C20H22ClNO3/c1-14-13-25-19(16-5-9-18(24-2)10-6-16)12-22(14)20(23)11-15-3-7-17(21)8-4-15/h3-10,14,19H,11-13H2,1-2H3. The van der Waals surface area contributed by atoms with E-state index in [1.54, 1.807) is 7.11 Å². The highest BCUT2D eigenvalue weighted by molar-refractivity contribution is 6.30. The van der Waals surface area contributed by atoms with Crippen LogP contribution in [0.3, 0.4) is 0 Å². The molecule has 1 fully saturated rings. The van der Waals surface area contributed by atoms with E-state index in [4.69, 9.17) is 21.1 Å². The van der Waals surface area contributed by atoms with E-state index >= 15 is 0 Å². The summed E-state index contributed by atoms with van der Waals surface area (Å²) in [5.74, 6) is 0.917. The molecule has 0 bridgehead atoms. The van der Waals surface area contributed by atoms with Crippen LogP contribution in [-0.4, -0.2) is 37.1 Å². The molecule has 0 aromatic heterocycles. The number of halogens is 1. The van der Waals surface area contributed by atoms with E-state index in [-0.39, 0.29) is 18.1 Å². The lowest BCUT2D eigenvalue weighted by Crippen LogP contribution is -2.48. The highest BCUT2D eigenvalue weighted by Gasteiger charge is 2.30. The van der Waals surface area contributed by atoms with Crippen molar-refractivity contribution in [1.82, 2.24) is 4.90 Å². The number of rotatable bonds is 4. The van der Waals surface area contributed by atoms with E-state index in [2.05, 4.69) is 0 Å². The fourth-order valence-electron chi connectivity index (χ4n) is 3.00. The molecule has 3 rings (SSSR count). The zero-order valence-corrected chi connectivity index (χ0v) is 15.2. The molecular formula is C20H22ClNO3. The first-order valence-electron chi connectivity index (χ1n) is 8.36. The molecule has 1 aliphatic heterocycles. The minimum atomic E-state index is -0.115. The van der Waals surface area contributed by atoms with Crippen molar-refractivity contribution in [2.24, 2.45) is 0 Å². The van der Waals surface area contributed by atoms with Crippen molar-refractivity contribution in [2.45, 2.75) is 25.5 Å². The van der Waals surface area contributed by atoms with Crippen molar-refractivity contribution < 1.29 is 14.3 Å². The smallest absolute Gasteiger partial charge is 0.227 e. The summed E-state index contributed by atoms with van der Waals surface area (Å²) in [7, 11) is 1.64. The number of morpholine rings is 1. The number of carbonyl (C=O) groups is 1. The van der Waals surface area contributed by atoms with Crippen LogP contribution in [-0.2, 0) is 16.0 Å². The Bertz CT molecular complexity index is 715. The molecule has 2 atom stereocenters. The van der Waals surface area contributed by atoms with Crippen molar-refractivity contribution in [2.75, 3.05) is 20.3 Å². The Morgan fingerprint density at radius 3 is 2.52 bits per heavy atom. The lowest BCUT2D eigenvalue weighted by Gasteiger charge is -2.38. The van der Waals surface area contributed by atoms with Crippen LogP contribution in [0.15, 0.2) is 48.5 Å². The molecule has 5 heteroatoms. The van der Waals surface area contributed by atoms with E-state index in [1.165, 1.54) is 0 Å². The van der Waals surface area contributed by atoms with Crippen LogP contribution in [0.4, 0.5) is 0 Å². The zero-order chi connectivity index (χ0) is 17.8. The van der Waals surface area contributed by atoms with E-state index in [0.29, 0.717) is 24.6 Å². The van der Waals surface area contributed by atoms with Crippen LogP contribution < -0.4 is 4.74 Å². The van der Waals surface area contributed by atoms with Crippen molar-refractivity contribution in [3.05, 3.63) is 64.7 Å². The fraction of sp³-hybridized carbons (Fsp3) is 0.350. The van der Waals surface area contributed by atoms with E-state index in [9.17, 15) is 4.79 Å². The van der Waals surface area contributed by atoms with Gasteiger partial charge in [-0.05, 0) is 42.3 Å². The van der Waals surface area contributed by atoms with Gasteiger partial charge in [-0.25, -0.2) is 0 Å². The first-order chi connectivity index (χ1) is 12.1. The summed E-state index contributed by atoms with van der Waals surface area (Å²) >= 11 is 5.91. The molecule has 1 heterocycles. The average Bonchev–Trinajstić information content (AvgIpc) is 2.64. The van der Waals surface area contributed by atoms with Crippen molar-refractivity contribution >= 4 is 17.5 Å². The number of benzene rings is 2. The number of nitrogens with zero attached hydrogens (tertiary/aromatic N) is 1. The summed E-state index contributed by atoms with van der Waals surface area (Å²) in [6, 6.07) is 15.3. The second-order valence-corrected chi connectivity index (χ2v) is 6.73. The lowest BCUT2D eigenvalue weighted by molar-refractivity contribution is -0.143. The molecule has 25 heavy (non-hydrogen) atoms. The molecule has 0 radical (unpaired) electrons. The van der Waals surface area contributed by atoms with Crippen molar-refractivity contribution in [3.8, 4) is 5.75 Å². The molecule has 0 spiro atoms. The Morgan fingerprint density at radius 2 is 1.88 bits per heavy atom. The highest BCUT2D eigenvalue weighted by Crippen LogP contribution is 2.27. The Balaban J connectivity index is 1.68. The summed E-state index contributed by atoms with van der Waals surface area (Å²) < 4.78 is 11.1. The van der Waals surface area contributed by atoms with Crippen LogP contribution in [0.2, 0.25) is 5.02 Å². The predicted molar refractivity (Wildman–Crippen MR) is 98.0 cm³/mol. The molecule has 1 amide bonds.